The van der Waals surface area contributed by atoms with E-state index in [1.807, 2.05) is 49.4 Å². The monoisotopic (exact) mass is 660 g/mol. The topological polar surface area (TPSA) is 138 Å². The van der Waals surface area contributed by atoms with Gasteiger partial charge in [-0.05, 0) is 60.8 Å². The number of sulfonamides is 1. The number of carbonyl (C=O) groups is 2. The number of aliphatic hydroxyl groups is 1. The van der Waals surface area contributed by atoms with E-state index >= 15 is 0 Å². The Kier molecular flexibility index (Phi) is 10.3. The maximum absolute atomic E-state index is 13.6. The van der Waals surface area contributed by atoms with Crippen molar-refractivity contribution in [3.63, 3.8) is 0 Å². The lowest BCUT2D eigenvalue weighted by Gasteiger charge is -2.33. The van der Waals surface area contributed by atoms with Gasteiger partial charge >= 0.3 is 6.03 Å². The van der Waals surface area contributed by atoms with E-state index in [1.165, 1.54) is 30.6 Å². The maximum atomic E-state index is 13.6. The number of ether oxygens (including phenoxy) is 2. The van der Waals surface area contributed by atoms with Crippen molar-refractivity contribution >= 4 is 44.1 Å². The Hall–Kier alpha value is -4.65. The van der Waals surface area contributed by atoms with Gasteiger partial charge in [0.05, 0.1) is 43.3 Å². The Morgan fingerprint density at radius 1 is 1.06 bits per heavy atom. The van der Waals surface area contributed by atoms with Crippen molar-refractivity contribution in [3.8, 4) is 11.5 Å². The number of amides is 3. The van der Waals surface area contributed by atoms with Crippen molar-refractivity contribution in [2.45, 2.75) is 37.3 Å². The smallest absolute Gasteiger partial charge is 0.323 e. The van der Waals surface area contributed by atoms with E-state index < -0.39 is 28.2 Å². The maximum Gasteiger partial charge on any atom is 0.323 e. The molecule has 5 rings (SSSR count). The van der Waals surface area contributed by atoms with Gasteiger partial charge in [0.25, 0.3) is 0 Å². The number of benzene rings is 4. The molecule has 0 aromatic heterocycles. The fourth-order valence-electron chi connectivity index (χ4n) is 5.62. The molecule has 0 unspecified atom stereocenters. The van der Waals surface area contributed by atoms with Crippen LogP contribution < -0.4 is 20.1 Å². The summed E-state index contributed by atoms with van der Waals surface area (Å²) >= 11 is 0. The number of anilines is 2. The molecule has 1 aliphatic rings. The number of hydrogen-bond acceptors (Lipinski definition) is 7. The van der Waals surface area contributed by atoms with Gasteiger partial charge in [-0.2, -0.15) is 4.31 Å². The average molecular weight is 661 g/mol. The van der Waals surface area contributed by atoms with E-state index in [2.05, 4.69) is 10.6 Å². The fraction of sp³-hybridized carbons (Fsp3) is 0.314. The van der Waals surface area contributed by atoms with Crippen LogP contribution in [-0.4, -0.2) is 80.7 Å². The number of aliphatic hydroxyl groups excluding tert-OH is 1. The second kappa shape index (κ2) is 14.4. The highest BCUT2D eigenvalue weighted by Gasteiger charge is 2.33. The number of urea groups is 1. The zero-order valence-corrected chi connectivity index (χ0v) is 27.7. The lowest BCUT2D eigenvalue weighted by atomic mass is 10.0. The predicted octanol–water partition coefficient (Wildman–Crippen LogP) is 4.96. The molecule has 0 radical (unpaired) electrons. The highest BCUT2D eigenvalue weighted by molar-refractivity contribution is 7.89. The minimum Gasteiger partial charge on any atom is -0.497 e. The molecule has 3 atom stereocenters. The molecule has 3 N–H and O–H groups in total. The highest BCUT2D eigenvalue weighted by Crippen LogP contribution is 2.30. The van der Waals surface area contributed by atoms with Gasteiger partial charge in [0, 0.05) is 36.1 Å². The van der Waals surface area contributed by atoms with Gasteiger partial charge in [-0.3, -0.25) is 4.79 Å². The SMILES string of the molecule is COc1ccc(S(=O)(=O)N(C)C[C@@H]2Oc3ccc(NC(=O)Nc4cccc5ccccc45)cc3CC(=O)N([C@H](C)CO)C[C@@H]2C)cc1. The molecule has 0 aliphatic carbocycles. The normalized spacial score (nSPS) is 17.6. The largest absolute Gasteiger partial charge is 0.497 e. The van der Waals surface area contributed by atoms with Gasteiger partial charge in [0.15, 0.2) is 0 Å². The van der Waals surface area contributed by atoms with Gasteiger partial charge in [-0.25, -0.2) is 13.2 Å². The van der Waals surface area contributed by atoms with Gasteiger partial charge in [-0.15, -0.1) is 0 Å². The second-order valence-corrected chi connectivity index (χ2v) is 13.8. The molecule has 0 saturated heterocycles. The number of nitrogens with zero attached hydrogens (tertiary/aromatic N) is 2. The van der Waals surface area contributed by atoms with Crippen LogP contribution in [0.25, 0.3) is 10.8 Å². The lowest BCUT2D eigenvalue weighted by Crippen LogP contribution is -2.48. The van der Waals surface area contributed by atoms with Crippen molar-refractivity contribution in [1.82, 2.24) is 9.21 Å². The van der Waals surface area contributed by atoms with E-state index in [1.54, 1.807) is 42.2 Å². The van der Waals surface area contributed by atoms with Crippen LogP contribution in [0.5, 0.6) is 11.5 Å². The summed E-state index contributed by atoms with van der Waals surface area (Å²) in [6.45, 7) is 3.65. The van der Waals surface area contributed by atoms with Crippen LogP contribution in [0.1, 0.15) is 19.4 Å². The molecule has 4 aromatic carbocycles. The minimum absolute atomic E-state index is 0.00204. The number of rotatable bonds is 9. The molecule has 0 bridgehead atoms. The molecular formula is C35H40N4O7S. The van der Waals surface area contributed by atoms with Crippen LogP contribution in [0, 0.1) is 5.92 Å². The van der Waals surface area contributed by atoms with Crippen molar-refractivity contribution < 1.29 is 32.6 Å². The zero-order chi connectivity index (χ0) is 33.7. The van der Waals surface area contributed by atoms with E-state index in [-0.39, 0.29) is 42.8 Å². The van der Waals surface area contributed by atoms with E-state index in [0.29, 0.717) is 28.4 Å². The molecule has 3 amide bonds. The lowest BCUT2D eigenvalue weighted by molar-refractivity contribution is -0.134. The molecule has 12 heteroatoms. The second-order valence-electron chi connectivity index (χ2n) is 11.8. The van der Waals surface area contributed by atoms with Crippen molar-refractivity contribution in [2.75, 3.05) is 44.5 Å². The number of fused-ring (bicyclic) bond motifs is 2. The number of likely N-dealkylation sites (N-methyl/N-ethyl adjacent to an activating group) is 1. The molecule has 1 aliphatic heterocycles. The van der Waals surface area contributed by atoms with Gasteiger partial charge in [-0.1, -0.05) is 43.3 Å². The minimum atomic E-state index is -3.88. The summed E-state index contributed by atoms with van der Waals surface area (Å²) in [6.07, 6.45) is -0.695. The predicted molar refractivity (Wildman–Crippen MR) is 181 cm³/mol. The van der Waals surface area contributed by atoms with Gasteiger partial charge in [0.1, 0.15) is 17.6 Å². The van der Waals surface area contributed by atoms with Gasteiger partial charge < -0.3 is 30.1 Å². The molecule has 0 spiro atoms. The zero-order valence-electron chi connectivity index (χ0n) is 26.8. The van der Waals surface area contributed by atoms with Crippen molar-refractivity contribution in [1.29, 1.82) is 0 Å². The average Bonchev–Trinajstić information content (AvgIpc) is 3.11. The Morgan fingerprint density at radius 2 is 1.79 bits per heavy atom. The van der Waals surface area contributed by atoms with Crippen LogP contribution in [0.2, 0.25) is 0 Å². The van der Waals surface area contributed by atoms with E-state index in [4.69, 9.17) is 9.47 Å². The Morgan fingerprint density at radius 3 is 2.51 bits per heavy atom. The fourth-order valence-corrected chi connectivity index (χ4v) is 6.81. The molecule has 1 heterocycles. The van der Waals surface area contributed by atoms with Crippen molar-refractivity contribution in [3.05, 3.63) is 90.5 Å². The third-order valence-corrected chi connectivity index (χ3v) is 10.3. The molecule has 47 heavy (non-hydrogen) atoms. The summed E-state index contributed by atoms with van der Waals surface area (Å²) in [7, 11) is -0.877. The molecule has 0 fully saturated rings. The van der Waals surface area contributed by atoms with E-state index in [0.717, 1.165) is 10.8 Å². The summed E-state index contributed by atoms with van der Waals surface area (Å²) in [4.78, 5) is 28.4. The van der Waals surface area contributed by atoms with Crippen molar-refractivity contribution in [2.24, 2.45) is 5.92 Å². The summed E-state index contributed by atoms with van der Waals surface area (Å²) in [5.41, 5.74) is 1.62. The molecule has 4 aromatic rings. The highest BCUT2D eigenvalue weighted by atomic mass is 32.2. The van der Waals surface area contributed by atoms with E-state index in [9.17, 15) is 23.1 Å². The third kappa shape index (κ3) is 7.67. The Bertz CT molecular complexity index is 1840. The molecule has 248 valence electrons. The number of methoxy groups -OCH3 is 1. The molecular weight excluding hydrogens is 620 g/mol. The van der Waals surface area contributed by atoms with Gasteiger partial charge in [0.2, 0.25) is 15.9 Å². The number of nitrogens with one attached hydrogen (secondary N) is 2. The summed E-state index contributed by atoms with van der Waals surface area (Å²) < 4.78 is 39.9. The Labute approximate surface area is 275 Å². The summed E-state index contributed by atoms with van der Waals surface area (Å²) in [5.74, 6) is 0.417. The van der Waals surface area contributed by atoms with Crippen LogP contribution in [0.3, 0.4) is 0 Å². The third-order valence-electron chi connectivity index (χ3n) is 8.42. The Balaban J connectivity index is 1.40. The first-order chi connectivity index (χ1) is 22.5. The summed E-state index contributed by atoms with van der Waals surface area (Å²) in [5, 5.41) is 17.6. The summed E-state index contributed by atoms with van der Waals surface area (Å²) in [6, 6.07) is 23.7. The number of carbonyl (C=O) groups excluding carboxylic acids is 2. The first kappa shape index (κ1) is 33.7. The number of hydrogen-bond donors (Lipinski definition) is 3. The van der Waals surface area contributed by atoms with Crippen LogP contribution in [0.15, 0.2) is 89.8 Å². The standard InChI is InChI=1S/C35H40N4O7S/c1-23-20-39(24(2)22-40)34(41)19-26-18-27(36-35(42)37-31-11-7-9-25-8-5-6-10-30(25)31)12-17-32(26)46-33(23)21-38(3)47(43,44)29-15-13-28(45-4)14-16-29/h5-18,23-24,33,40H,19-22H2,1-4H3,(H2,36,37,42)/t23-,24+,33-/m0/s1. The first-order valence-corrected chi connectivity index (χ1v) is 16.8. The van der Waals surface area contributed by atoms with Crippen LogP contribution in [0.4, 0.5) is 16.2 Å². The molecule has 0 saturated carbocycles. The molecule has 11 nitrogen and oxygen atoms in total. The van der Waals surface area contributed by atoms with Crippen LogP contribution >= 0.6 is 0 Å². The first-order valence-electron chi connectivity index (χ1n) is 15.4. The van der Waals surface area contributed by atoms with Crippen LogP contribution in [-0.2, 0) is 21.2 Å². The quantitative estimate of drug-likeness (QED) is 0.231.